The number of benzene rings is 3. The fourth-order valence-electron chi connectivity index (χ4n) is 3.26. The molecule has 1 aliphatic carbocycles. The first kappa shape index (κ1) is 15.4. The highest BCUT2D eigenvalue weighted by atomic mass is 15.3. The topological polar surface area (TPSA) is 24.4 Å². The Balaban J connectivity index is 1.57. The van der Waals surface area contributed by atoms with Gasteiger partial charge in [-0.05, 0) is 53.0 Å². The van der Waals surface area contributed by atoms with Gasteiger partial charge in [0.25, 0.3) is 0 Å². The molecule has 0 atom stereocenters. The predicted octanol–water partition coefficient (Wildman–Crippen LogP) is 6.02. The molecule has 0 radical (unpaired) electrons. The van der Waals surface area contributed by atoms with Crippen molar-refractivity contribution in [3.8, 4) is 0 Å². The summed E-state index contributed by atoms with van der Waals surface area (Å²) in [6, 6.07) is 23.0. The highest BCUT2D eigenvalue weighted by Crippen LogP contribution is 2.30. The van der Waals surface area contributed by atoms with Crippen molar-refractivity contribution in [3.63, 3.8) is 0 Å². The first-order chi connectivity index (χ1) is 12.3. The van der Waals surface area contributed by atoms with Crippen LogP contribution < -0.4 is 5.43 Å². The lowest BCUT2D eigenvalue weighted by Crippen LogP contribution is -1.95. The Bertz CT molecular complexity index is 1010. The van der Waals surface area contributed by atoms with E-state index in [1.54, 1.807) is 0 Å². The van der Waals surface area contributed by atoms with Crippen molar-refractivity contribution in [3.05, 3.63) is 95.6 Å². The first-order valence-corrected chi connectivity index (χ1v) is 8.55. The van der Waals surface area contributed by atoms with Crippen LogP contribution in [0.3, 0.4) is 0 Å². The monoisotopic (exact) mass is 324 g/mol. The van der Waals surface area contributed by atoms with Crippen LogP contribution >= 0.6 is 0 Å². The van der Waals surface area contributed by atoms with Gasteiger partial charge in [0.15, 0.2) is 0 Å². The Morgan fingerprint density at radius 1 is 0.920 bits per heavy atom. The minimum atomic E-state index is 0.991. The van der Waals surface area contributed by atoms with Crippen molar-refractivity contribution < 1.29 is 0 Å². The Kier molecular flexibility index (Phi) is 4.17. The average molecular weight is 324 g/mol. The van der Waals surface area contributed by atoms with Crippen LogP contribution in [-0.2, 0) is 0 Å². The third-order valence-corrected chi connectivity index (χ3v) is 4.60. The number of allylic oxidation sites excluding steroid dienone is 4. The van der Waals surface area contributed by atoms with E-state index in [9.17, 15) is 0 Å². The maximum absolute atomic E-state index is 4.46. The summed E-state index contributed by atoms with van der Waals surface area (Å²) in [5, 5.41) is 6.90. The summed E-state index contributed by atoms with van der Waals surface area (Å²) in [6.45, 7) is 2.17. The van der Waals surface area contributed by atoms with Crippen molar-refractivity contribution in [2.24, 2.45) is 5.10 Å². The summed E-state index contributed by atoms with van der Waals surface area (Å²) in [7, 11) is 0. The Morgan fingerprint density at radius 2 is 1.72 bits per heavy atom. The molecule has 0 fully saturated rings. The molecule has 122 valence electrons. The molecule has 2 heteroatoms. The van der Waals surface area contributed by atoms with Gasteiger partial charge in [0.2, 0.25) is 0 Å². The average Bonchev–Trinajstić information content (AvgIpc) is 3.08. The molecule has 0 aromatic heterocycles. The lowest BCUT2D eigenvalue weighted by atomic mass is 9.97. The second kappa shape index (κ2) is 6.78. The molecule has 1 aliphatic rings. The molecule has 0 spiro atoms. The molecule has 0 heterocycles. The number of hydrazone groups is 1. The summed E-state index contributed by atoms with van der Waals surface area (Å²) in [5.74, 6) is 0. The van der Waals surface area contributed by atoms with E-state index >= 15 is 0 Å². The molecule has 0 saturated carbocycles. The Labute approximate surface area is 148 Å². The smallest absolute Gasteiger partial charge is 0.0568 e. The van der Waals surface area contributed by atoms with Gasteiger partial charge in [0, 0.05) is 5.56 Å². The van der Waals surface area contributed by atoms with Gasteiger partial charge in [0.1, 0.15) is 0 Å². The van der Waals surface area contributed by atoms with Crippen molar-refractivity contribution in [1.82, 2.24) is 0 Å². The summed E-state index contributed by atoms with van der Waals surface area (Å²) >= 11 is 0. The van der Waals surface area contributed by atoms with Crippen LogP contribution in [0.25, 0.3) is 16.3 Å². The zero-order chi connectivity index (χ0) is 17.1. The van der Waals surface area contributed by atoms with Crippen LogP contribution in [0.5, 0.6) is 0 Å². The quantitative estimate of drug-likeness (QED) is 0.460. The van der Waals surface area contributed by atoms with Gasteiger partial charge in [-0.3, -0.25) is 5.43 Å². The molecule has 0 aliphatic heterocycles. The van der Waals surface area contributed by atoms with E-state index < -0.39 is 0 Å². The van der Waals surface area contributed by atoms with E-state index in [4.69, 9.17) is 0 Å². The van der Waals surface area contributed by atoms with Crippen LogP contribution in [0.1, 0.15) is 24.5 Å². The molecule has 25 heavy (non-hydrogen) atoms. The van der Waals surface area contributed by atoms with Gasteiger partial charge in [-0.15, -0.1) is 0 Å². The highest BCUT2D eigenvalue weighted by molar-refractivity contribution is 5.91. The summed E-state index contributed by atoms with van der Waals surface area (Å²) < 4.78 is 0. The molecule has 3 aromatic carbocycles. The maximum atomic E-state index is 4.46. The van der Waals surface area contributed by atoms with Gasteiger partial charge in [-0.1, -0.05) is 66.7 Å². The van der Waals surface area contributed by atoms with Crippen molar-refractivity contribution >= 4 is 28.2 Å². The van der Waals surface area contributed by atoms with E-state index in [0.717, 1.165) is 17.7 Å². The van der Waals surface area contributed by atoms with Crippen LogP contribution in [0, 0.1) is 0 Å². The SMILES string of the molecule is CC1=C(c2ccccc2/C=N/Nc2ccc3ccccc3c2)CC=C1. The molecular formula is C23H20N2. The largest absolute Gasteiger partial charge is 0.278 e. The molecular weight excluding hydrogens is 304 g/mol. The maximum Gasteiger partial charge on any atom is 0.0568 e. The van der Waals surface area contributed by atoms with Crippen LogP contribution in [0.2, 0.25) is 0 Å². The number of nitrogens with zero attached hydrogens (tertiary/aromatic N) is 1. The summed E-state index contributed by atoms with van der Waals surface area (Å²) in [6.07, 6.45) is 7.31. The molecule has 3 aromatic rings. The van der Waals surface area contributed by atoms with Gasteiger partial charge in [-0.2, -0.15) is 5.10 Å². The van der Waals surface area contributed by atoms with Crippen LogP contribution in [0.4, 0.5) is 5.69 Å². The van der Waals surface area contributed by atoms with E-state index in [1.165, 1.54) is 27.5 Å². The number of hydrogen-bond acceptors (Lipinski definition) is 2. The first-order valence-electron chi connectivity index (χ1n) is 8.55. The lowest BCUT2D eigenvalue weighted by molar-refractivity contribution is 1.35. The summed E-state index contributed by atoms with van der Waals surface area (Å²) in [4.78, 5) is 0. The molecule has 4 rings (SSSR count). The molecule has 1 N–H and O–H groups in total. The predicted molar refractivity (Wildman–Crippen MR) is 108 cm³/mol. The molecule has 2 nitrogen and oxygen atoms in total. The molecule has 0 amide bonds. The minimum absolute atomic E-state index is 0.991. The highest BCUT2D eigenvalue weighted by Gasteiger charge is 2.10. The third-order valence-electron chi connectivity index (χ3n) is 4.60. The Hall–Kier alpha value is -3.13. The van der Waals surface area contributed by atoms with E-state index in [1.807, 2.05) is 6.21 Å². The van der Waals surface area contributed by atoms with E-state index in [0.29, 0.717) is 0 Å². The van der Waals surface area contributed by atoms with Gasteiger partial charge < -0.3 is 0 Å². The van der Waals surface area contributed by atoms with Crippen LogP contribution in [-0.4, -0.2) is 6.21 Å². The van der Waals surface area contributed by atoms with E-state index in [2.05, 4.69) is 96.3 Å². The molecule has 0 unspecified atom stereocenters. The number of rotatable bonds is 4. The normalized spacial score (nSPS) is 14.0. The zero-order valence-corrected chi connectivity index (χ0v) is 14.2. The van der Waals surface area contributed by atoms with Crippen molar-refractivity contribution in [1.29, 1.82) is 0 Å². The number of hydrogen-bond donors (Lipinski definition) is 1. The van der Waals surface area contributed by atoms with Crippen molar-refractivity contribution in [2.45, 2.75) is 13.3 Å². The molecule has 0 saturated heterocycles. The lowest BCUT2D eigenvalue weighted by Gasteiger charge is -2.09. The second-order valence-electron chi connectivity index (χ2n) is 6.29. The standard InChI is InChI=1S/C23H20N2/c1-17-7-6-12-22(17)23-11-5-4-10-20(23)16-24-25-21-14-13-18-8-2-3-9-19(18)15-21/h2-11,13-16,25H,12H2,1H3/b24-16+. The second-order valence-corrected chi connectivity index (χ2v) is 6.29. The third kappa shape index (κ3) is 3.24. The van der Waals surface area contributed by atoms with Gasteiger partial charge >= 0.3 is 0 Å². The molecule has 0 bridgehead atoms. The van der Waals surface area contributed by atoms with E-state index in [-0.39, 0.29) is 0 Å². The van der Waals surface area contributed by atoms with Gasteiger partial charge in [-0.25, -0.2) is 0 Å². The number of nitrogens with one attached hydrogen (secondary N) is 1. The number of fused-ring (bicyclic) bond motifs is 1. The van der Waals surface area contributed by atoms with Gasteiger partial charge in [0.05, 0.1) is 11.9 Å². The fourth-order valence-corrected chi connectivity index (χ4v) is 3.26. The van der Waals surface area contributed by atoms with Crippen molar-refractivity contribution in [2.75, 3.05) is 5.43 Å². The Morgan fingerprint density at radius 3 is 2.56 bits per heavy atom. The zero-order valence-electron chi connectivity index (χ0n) is 14.2. The fraction of sp³-hybridized carbons (Fsp3) is 0.0870. The minimum Gasteiger partial charge on any atom is -0.278 e. The number of anilines is 1. The summed E-state index contributed by atoms with van der Waals surface area (Å²) in [5.41, 5.74) is 9.25. The van der Waals surface area contributed by atoms with Crippen LogP contribution in [0.15, 0.2) is 89.6 Å².